The van der Waals surface area contributed by atoms with Crippen molar-refractivity contribution < 1.29 is 0 Å². The van der Waals surface area contributed by atoms with Gasteiger partial charge in [-0.05, 0) is 19.3 Å². The Kier molecular flexibility index (Phi) is 2.25. The zero-order valence-corrected chi connectivity index (χ0v) is 3.78. The van der Waals surface area contributed by atoms with Crippen LogP contribution in [-0.2, 0) is 0 Å². The van der Waals surface area contributed by atoms with Crippen molar-refractivity contribution in [1.29, 1.82) is 0 Å². The van der Waals surface area contributed by atoms with Crippen LogP contribution in [0.4, 0.5) is 0 Å². The quantitative estimate of drug-likeness (QED) is 0.438. The standard InChI is InChI=1S/C5H9/c1-4-5(2)3/h5H,1H2,2-3H3. The first kappa shape index (κ1) is 5.00. The van der Waals surface area contributed by atoms with Crippen LogP contribution in [0.15, 0.2) is 0 Å². The van der Waals surface area contributed by atoms with Gasteiger partial charge in [0.2, 0.25) is 0 Å². The van der Waals surface area contributed by atoms with Gasteiger partial charge >= 0.3 is 0 Å². The molecule has 0 atom stereocenters. The topological polar surface area (TPSA) is 0 Å². The molecular weight excluding hydrogens is 60.1 g/mol. The average Bonchev–Trinajstić information content (AvgIpc) is 1.38. The van der Waals surface area contributed by atoms with Gasteiger partial charge in [-0.1, -0.05) is 13.8 Å². The Morgan fingerprint density at radius 2 is 1.80 bits per heavy atom. The van der Waals surface area contributed by atoms with Crippen molar-refractivity contribution in [2.24, 2.45) is 5.92 Å². The van der Waals surface area contributed by atoms with Gasteiger partial charge < -0.3 is 0 Å². The predicted molar refractivity (Wildman–Crippen MR) is 23.4 cm³/mol. The van der Waals surface area contributed by atoms with Crippen LogP contribution < -0.4 is 0 Å². The average molecular weight is 69.1 g/mol. The summed E-state index contributed by atoms with van der Waals surface area (Å²) in [5.74, 6) is 0.523. The molecule has 0 heteroatoms. The van der Waals surface area contributed by atoms with Crippen molar-refractivity contribution in [3.63, 3.8) is 0 Å². The van der Waals surface area contributed by atoms with Gasteiger partial charge in [0.1, 0.15) is 0 Å². The van der Waals surface area contributed by atoms with Gasteiger partial charge in [-0.3, -0.25) is 0 Å². The first-order valence-electron chi connectivity index (χ1n) is 1.80. The lowest BCUT2D eigenvalue weighted by molar-refractivity contribution is 0.784. The molecule has 0 aromatic rings. The maximum atomic E-state index is 3.44. The molecule has 0 N–H and O–H groups in total. The van der Waals surface area contributed by atoms with Gasteiger partial charge in [0.15, 0.2) is 0 Å². The highest BCUT2D eigenvalue weighted by atomic mass is 13.9. The lowest BCUT2D eigenvalue weighted by Gasteiger charge is -1.89. The molecule has 0 aromatic carbocycles. The highest BCUT2D eigenvalue weighted by molar-refractivity contribution is 4.69. The molecule has 0 bridgehead atoms. The van der Waals surface area contributed by atoms with Crippen LogP contribution >= 0.6 is 0 Å². The lowest BCUT2D eigenvalue weighted by atomic mass is 10.2. The largest absolute Gasteiger partial charge is 0.0622 e. The van der Waals surface area contributed by atoms with Gasteiger partial charge in [-0.2, -0.15) is 0 Å². The van der Waals surface area contributed by atoms with E-state index in [-0.39, 0.29) is 0 Å². The highest BCUT2D eigenvalue weighted by Gasteiger charge is 1.81. The lowest BCUT2D eigenvalue weighted by Crippen LogP contribution is -1.79. The molecule has 0 aliphatic carbocycles. The van der Waals surface area contributed by atoms with Crippen LogP contribution in [0.2, 0.25) is 0 Å². The molecule has 5 heavy (non-hydrogen) atoms. The van der Waals surface area contributed by atoms with Gasteiger partial charge in [-0.15, -0.1) is 0 Å². The molecule has 0 aliphatic rings. The third kappa shape index (κ3) is 4.00. The summed E-state index contributed by atoms with van der Waals surface area (Å²) < 4.78 is 0. The Hall–Kier alpha value is 0. The highest BCUT2D eigenvalue weighted by Crippen LogP contribution is 1.91. The first-order valence-corrected chi connectivity index (χ1v) is 1.80. The van der Waals surface area contributed by atoms with E-state index in [9.17, 15) is 0 Å². The summed E-state index contributed by atoms with van der Waals surface area (Å²) in [4.78, 5) is 0. The van der Waals surface area contributed by atoms with Crippen molar-refractivity contribution in [3.05, 3.63) is 13.3 Å². The summed E-state index contributed by atoms with van der Waals surface area (Å²) in [6, 6.07) is 0. The summed E-state index contributed by atoms with van der Waals surface area (Å²) in [7, 11) is 0. The fraction of sp³-hybridized carbons (Fsp3) is 0.600. The van der Waals surface area contributed by atoms with E-state index in [4.69, 9.17) is 0 Å². The van der Waals surface area contributed by atoms with Crippen molar-refractivity contribution in [3.8, 4) is 0 Å². The summed E-state index contributed by atoms with van der Waals surface area (Å²) in [6.07, 6.45) is 2.78. The van der Waals surface area contributed by atoms with E-state index in [2.05, 4.69) is 13.3 Å². The van der Waals surface area contributed by atoms with Crippen LogP contribution in [0.3, 0.4) is 0 Å². The maximum Gasteiger partial charge on any atom is -0.0145 e. The molecule has 0 saturated carbocycles. The van der Waals surface area contributed by atoms with Crippen LogP contribution in [0.25, 0.3) is 0 Å². The SMILES string of the molecule is [CH2][C]C(C)C. The van der Waals surface area contributed by atoms with Gasteiger partial charge in [-0.25, -0.2) is 0 Å². The summed E-state index contributed by atoms with van der Waals surface area (Å²) in [6.45, 7) is 7.53. The van der Waals surface area contributed by atoms with E-state index in [1.165, 1.54) is 0 Å². The number of rotatable bonds is 1. The van der Waals surface area contributed by atoms with Gasteiger partial charge in [0.05, 0.1) is 0 Å². The fourth-order valence-electron chi connectivity index (χ4n) is 0. The normalized spacial score (nSPS) is 9.60. The second-order valence-electron chi connectivity index (χ2n) is 1.36. The molecule has 0 rings (SSSR count). The molecule has 0 fully saturated rings. The van der Waals surface area contributed by atoms with E-state index < -0.39 is 0 Å². The van der Waals surface area contributed by atoms with E-state index in [0.29, 0.717) is 5.92 Å². The van der Waals surface area contributed by atoms with Crippen LogP contribution in [0.5, 0.6) is 0 Å². The van der Waals surface area contributed by atoms with Crippen molar-refractivity contribution in [2.45, 2.75) is 13.8 Å². The summed E-state index contributed by atoms with van der Waals surface area (Å²) >= 11 is 0. The Morgan fingerprint density at radius 3 is 1.80 bits per heavy atom. The molecule has 0 heterocycles. The van der Waals surface area contributed by atoms with Crippen molar-refractivity contribution in [2.75, 3.05) is 0 Å². The molecule has 3 radical (unpaired) electrons. The predicted octanol–water partition coefficient (Wildman–Crippen LogP) is 1.56. The molecule has 29 valence electrons. The third-order valence-electron chi connectivity index (χ3n) is 0.408. The molecule has 0 amide bonds. The minimum absolute atomic E-state index is 0.523. The number of hydrogen-bond acceptors (Lipinski definition) is 0. The summed E-state index contributed by atoms with van der Waals surface area (Å²) in [5.41, 5.74) is 0. The third-order valence-corrected chi connectivity index (χ3v) is 0.408. The second-order valence-corrected chi connectivity index (χ2v) is 1.36. The van der Waals surface area contributed by atoms with E-state index in [1.54, 1.807) is 0 Å². The molecular formula is C5H9. The van der Waals surface area contributed by atoms with Gasteiger partial charge in [0.25, 0.3) is 0 Å². The van der Waals surface area contributed by atoms with Crippen LogP contribution in [0, 0.1) is 19.3 Å². The van der Waals surface area contributed by atoms with Crippen molar-refractivity contribution in [1.82, 2.24) is 0 Å². The van der Waals surface area contributed by atoms with Crippen LogP contribution in [-0.4, -0.2) is 0 Å². The Balaban J connectivity index is 2.54. The smallest absolute Gasteiger partial charge is 0.0145 e. The van der Waals surface area contributed by atoms with Gasteiger partial charge in [0, 0.05) is 0 Å². The molecule has 0 saturated heterocycles. The minimum Gasteiger partial charge on any atom is -0.0622 e. The minimum atomic E-state index is 0.523. The molecule has 0 nitrogen and oxygen atoms in total. The Labute approximate surface area is 34.2 Å². The molecule has 0 unspecified atom stereocenters. The summed E-state index contributed by atoms with van der Waals surface area (Å²) in [5, 5.41) is 0. The molecule has 0 aliphatic heterocycles. The first-order chi connectivity index (χ1) is 2.27. The van der Waals surface area contributed by atoms with E-state index >= 15 is 0 Å². The monoisotopic (exact) mass is 69.1 g/mol. The zero-order chi connectivity index (χ0) is 4.28. The zero-order valence-electron chi connectivity index (χ0n) is 3.78. The fourth-order valence-corrected chi connectivity index (χ4v) is 0. The van der Waals surface area contributed by atoms with E-state index in [1.807, 2.05) is 13.8 Å². The van der Waals surface area contributed by atoms with Crippen LogP contribution in [0.1, 0.15) is 13.8 Å². The Morgan fingerprint density at radius 1 is 1.60 bits per heavy atom. The Bertz CT molecular complexity index is 14.0. The molecule has 0 spiro atoms. The second kappa shape index (κ2) is 2.25. The van der Waals surface area contributed by atoms with Crippen molar-refractivity contribution >= 4 is 0 Å². The van der Waals surface area contributed by atoms with E-state index in [0.717, 1.165) is 0 Å². The number of hydrogen-bond donors (Lipinski definition) is 0. The molecule has 0 aromatic heterocycles. The maximum absolute atomic E-state index is 3.44.